The fraction of sp³-hybridized carbons (Fsp3) is 0.625. The number of halogens is 1. The van der Waals surface area contributed by atoms with Crippen molar-refractivity contribution in [3.8, 4) is 0 Å². The van der Waals surface area contributed by atoms with Gasteiger partial charge in [0, 0.05) is 23.6 Å². The van der Waals surface area contributed by atoms with Gasteiger partial charge >= 0.3 is 0 Å². The van der Waals surface area contributed by atoms with Crippen molar-refractivity contribution in [2.75, 3.05) is 18.5 Å². The van der Waals surface area contributed by atoms with Crippen molar-refractivity contribution in [2.45, 2.75) is 39.8 Å². The van der Waals surface area contributed by atoms with Crippen LogP contribution in [-0.2, 0) is 6.54 Å². The molecule has 106 valence electrons. The highest BCUT2D eigenvalue weighted by molar-refractivity contribution is 9.10. The Kier molecular flexibility index (Phi) is 4.91. The summed E-state index contributed by atoms with van der Waals surface area (Å²) in [6.45, 7) is 9.16. The van der Waals surface area contributed by atoms with E-state index in [4.69, 9.17) is 0 Å². The van der Waals surface area contributed by atoms with Crippen LogP contribution in [0.4, 0.5) is 5.69 Å². The zero-order valence-corrected chi connectivity index (χ0v) is 14.0. The molecule has 1 aliphatic heterocycles. The lowest BCUT2D eigenvalue weighted by molar-refractivity contribution is 0.297. The second-order valence-electron chi connectivity index (χ2n) is 6.03. The summed E-state index contributed by atoms with van der Waals surface area (Å²) in [6, 6.07) is 7.34. The molecule has 3 atom stereocenters. The molecule has 2 nitrogen and oxygen atoms in total. The van der Waals surface area contributed by atoms with Crippen LogP contribution in [0.15, 0.2) is 22.7 Å². The summed E-state index contributed by atoms with van der Waals surface area (Å²) < 4.78 is 1.22. The number of nitrogens with zero attached hydrogens (tertiary/aromatic N) is 1. The van der Waals surface area contributed by atoms with Crippen LogP contribution in [-0.4, -0.2) is 19.6 Å². The molecule has 1 N–H and O–H groups in total. The Bertz CT molecular complexity index is 433. The maximum atomic E-state index is 3.75. The minimum absolute atomic E-state index is 0.614. The van der Waals surface area contributed by atoms with Crippen molar-refractivity contribution in [3.63, 3.8) is 0 Å². The molecule has 0 spiro atoms. The lowest BCUT2D eigenvalue weighted by atomic mass is 9.85. The minimum Gasteiger partial charge on any atom is -0.367 e. The third-order valence-corrected chi connectivity index (χ3v) is 4.94. The molecule has 0 saturated carbocycles. The second kappa shape index (κ2) is 6.27. The first-order valence-corrected chi connectivity index (χ1v) is 8.02. The number of hydrogen-bond donors (Lipinski definition) is 1. The van der Waals surface area contributed by atoms with Crippen molar-refractivity contribution < 1.29 is 0 Å². The van der Waals surface area contributed by atoms with E-state index in [0.717, 1.165) is 24.9 Å². The van der Waals surface area contributed by atoms with Gasteiger partial charge in [0.05, 0.1) is 5.69 Å². The molecule has 1 aromatic rings. The largest absolute Gasteiger partial charge is 0.367 e. The van der Waals surface area contributed by atoms with E-state index in [1.165, 1.54) is 22.1 Å². The van der Waals surface area contributed by atoms with Gasteiger partial charge in [-0.05, 0) is 65.9 Å². The van der Waals surface area contributed by atoms with Gasteiger partial charge in [0.1, 0.15) is 0 Å². The highest BCUT2D eigenvalue weighted by Crippen LogP contribution is 2.35. The van der Waals surface area contributed by atoms with Gasteiger partial charge < -0.3 is 10.2 Å². The molecular weight excluding hydrogens is 300 g/mol. The Balaban J connectivity index is 2.25. The topological polar surface area (TPSA) is 15.3 Å². The Morgan fingerprint density at radius 2 is 2.05 bits per heavy atom. The van der Waals surface area contributed by atoms with E-state index in [0.29, 0.717) is 6.04 Å². The predicted octanol–water partition coefficient (Wildman–Crippen LogP) is 4.04. The number of nitrogens with one attached hydrogen (secondary N) is 1. The highest BCUT2D eigenvalue weighted by atomic mass is 79.9. The van der Waals surface area contributed by atoms with Crippen LogP contribution < -0.4 is 10.2 Å². The zero-order valence-electron chi connectivity index (χ0n) is 12.4. The number of rotatable bonds is 3. The Morgan fingerprint density at radius 1 is 1.32 bits per heavy atom. The summed E-state index contributed by atoms with van der Waals surface area (Å²) >= 11 is 3.75. The Morgan fingerprint density at radius 3 is 2.68 bits per heavy atom. The predicted molar refractivity (Wildman–Crippen MR) is 86.7 cm³/mol. The summed E-state index contributed by atoms with van der Waals surface area (Å²) in [7, 11) is 1.98. The van der Waals surface area contributed by atoms with Crippen LogP contribution in [0.3, 0.4) is 0 Å². The van der Waals surface area contributed by atoms with Crippen LogP contribution in [0.25, 0.3) is 0 Å². The van der Waals surface area contributed by atoms with Gasteiger partial charge in [0.2, 0.25) is 0 Å². The third-order valence-electron chi connectivity index (χ3n) is 4.30. The van der Waals surface area contributed by atoms with Crippen LogP contribution in [0.5, 0.6) is 0 Å². The van der Waals surface area contributed by atoms with Gasteiger partial charge in [0.15, 0.2) is 0 Å². The fourth-order valence-corrected chi connectivity index (χ4v) is 3.78. The molecule has 0 bridgehead atoms. The van der Waals surface area contributed by atoms with Gasteiger partial charge in [-0.2, -0.15) is 0 Å². The number of piperidine rings is 1. The molecule has 0 amide bonds. The molecule has 0 aliphatic carbocycles. The summed E-state index contributed by atoms with van der Waals surface area (Å²) in [5, 5.41) is 3.20. The van der Waals surface area contributed by atoms with E-state index < -0.39 is 0 Å². The van der Waals surface area contributed by atoms with E-state index >= 15 is 0 Å². The number of benzene rings is 1. The third kappa shape index (κ3) is 3.32. The van der Waals surface area contributed by atoms with Crippen molar-refractivity contribution in [2.24, 2.45) is 11.8 Å². The summed E-state index contributed by atoms with van der Waals surface area (Å²) in [6.07, 6.45) is 1.34. The van der Waals surface area contributed by atoms with Crippen molar-refractivity contribution in [3.05, 3.63) is 28.2 Å². The summed E-state index contributed by atoms with van der Waals surface area (Å²) in [5.74, 6) is 1.53. The molecule has 1 fully saturated rings. The molecule has 1 aromatic carbocycles. The average molecular weight is 325 g/mol. The van der Waals surface area contributed by atoms with Crippen molar-refractivity contribution in [1.29, 1.82) is 0 Å². The van der Waals surface area contributed by atoms with E-state index in [9.17, 15) is 0 Å². The Hall–Kier alpha value is -0.540. The molecular formula is C16H25BrN2. The Labute approximate surface area is 125 Å². The SMILES string of the molecule is CNCc1ccc(N2CC(C)CC(C)C2C)c(Br)c1. The molecule has 19 heavy (non-hydrogen) atoms. The van der Waals surface area contributed by atoms with Crippen molar-refractivity contribution in [1.82, 2.24) is 5.32 Å². The minimum atomic E-state index is 0.614. The quantitative estimate of drug-likeness (QED) is 0.902. The smallest absolute Gasteiger partial charge is 0.0513 e. The number of anilines is 1. The van der Waals surface area contributed by atoms with Crippen LogP contribution >= 0.6 is 15.9 Å². The standard InChI is InChI=1S/C16H25BrN2/c1-11-7-12(2)13(3)19(10-11)16-6-5-14(9-18-4)8-15(16)17/h5-6,8,11-13,18H,7,9-10H2,1-4H3. The molecule has 3 heteroatoms. The second-order valence-corrected chi connectivity index (χ2v) is 6.88. The number of hydrogen-bond acceptors (Lipinski definition) is 2. The lowest BCUT2D eigenvalue weighted by Crippen LogP contribution is -2.46. The zero-order chi connectivity index (χ0) is 14.0. The molecule has 0 radical (unpaired) electrons. The summed E-state index contributed by atoms with van der Waals surface area (Å²) in [5.41, 5.74) is 2.66. The highest BCUT2D eigenvalue weighted by Gasteiger charge is 2.29. The van der Waals surface area contributed by atoms with Crippen LogP contribution in [0.1, 0.15) is 32.8 Å². The summed E-state index contributed by atoms with van der Waals surface area (Å²) in [4.78, 5) is 2.56. The van der Waals surface area contributed by atoms with Crippen molar-refractivity contribution >= 4 is 21.6 Å². The molecule has 1 saturated heterocycles. The van der Waals surface area contributed by atoms with Gasteiger partial charge in [-0.3, -0.25) is 0 Å². The van der Waals surface area contributed by atoms with Gasteiger partial charge in [-0.1, -0.05) is 19.9 Å². The van der Waals surface area contributed by atoms with E-state index in [-0.39, 0.29) is 0 Å². The molecule has 1 aliphatic rings. The molecule has 2 rings (SSSR count). The molecule has 0 aromatic heterocycles. The van der Waals surface area contributed by atoms with E-state index in [1.54, 1.807) is 0 Å². The van der Waals surface area contributed by atoms with Gasteiger partial charge in [-0.25, -0.2) is 0 Å². The first-order valence-electron chi connectivity index (χ1n) is 7.22. The maximum absolute atomic E-state index is 3.75. The van der Waals surface area contributed by atoms with E-state index in [2.05, 4.69) is 65.1 Å². The fourth-order valence-electron chi connectivity index (χ4n) is 3.13. The maximum Gasteiger partial charge on any atom is 0.0513 e. The van der Waals surface area contributed by atoms with Crippen LogP contribution in [0.2, 0.25) is 0 Å². The molecule has 3 unspecified atom stereocenters. The van der Waals surface area contributed by atoms with Gasteiger partial charge in [-0.15, -0.1) is 0 Å². The first kappa shape index (κ1) is 14.9. The van der Waals surface area contributed by atoms with Crippen LogP contribution in [0, 0.1) is 11.8 Å². The normalized spacial score (nSPS) is 27.6. The average Bonchev–Trinajstić information content (AvgIpc) is 2.35. The lowest BCUT2D eigenvalue weighted by Gasteiger charge is -2.43. The van der Waals surface area contributed by atoms with Gasteiger partial charge in [0.25, 0.3) is 0 Å². The molecule has 1 heterocycles. The first-order chi connectivity index (χ1) is 9.02. The monoisotopic (exact) mass is 324 g/mol. The van der Waals surface area contributed by atoms with E-state index in [1.807, 2.05) is 7.05 Å².